The Labute approximate surface area is 121 Å². The number of benzene rings is 1. The topological polar surface area (TPSA) is 58.7 Å². The van der Waals surface area contributed by atoms with Crippen molar-refractivity contribution in [2.75, 3.05) is 6.54 Å². The number of carbonyl (C=O) groups excluding carboxylic acids is 1. The van der Waals surface area contributed by atoms with Crippen molar-refractivity contribution in [1.82, 2.24) is 4.90 Å². The smallest absolute Gasteiger partial charge is 0.346 e. The van der Waals surface area contributed by atoms with Crippen LogP contribution >= 0.6 is 23.2 Å². The van der Waals surface area contributed by atoms with E-state index in [2.05, 4.69) is 4.99 Å². The van der Waals surface area contributed by atoms with Crippen LogP contribution in [-0.4, -0.2) is 23.3 Å². The summed E-state index contributed by atoms with van der Waals surface area (Å²) >= 11 is 12.0. The minimum Gasteiger partial charge on any atom is -0.385 e. The van der Waals surface area contributed by atoms with Gasteiger partial charge in [-0.15, -0.1) is 0 Å². The highest BCUT2D eigenvalue weighted by atomic mass is 35.5. The number of amides is 2. The normalized spacial score (nSPS) is 22.8. The standard InChI is InChI=1S/C13H13Cl2N3O/c14-9-3-8(4-10(15)5-9)11-12(16)17-13(19)18(11)6-7-1-2-7/h3-5,7,11H,1-2,6H2,(H2,16,17,19). The van der Waals surface area contributed by atoms with Crippen LogP contribution in [0.25, 0.3) is 0 Å². The van der Waals surface area contributed by atoms with Gasteiger partial charge in [-0.05, 0) is 42.5 Å². The molecule has 1 atom stereocenters. The molecular formula is C13H13Cl2N3O. The first kappa shape index (κ1) is 12.8. The third-order valence-electron chi connectivity index (χ3n) is 3.41. The number of aliphatic imine (C=N–C) groups is 1. The first-order chi connectivity index (χ1) is 9.04. The van der Waals surface area contributed by atoms with Gasteiger partial charge in [-0.25, -0.2) is 4.79 Å². The molecule has 1 saturated carbocycles. The van der Waals surface area contributed by atoms with E-state index < -0.39 is 0 Å². The van der Waals surface area contributed by atoms with Gasteiger partial charge in [-0.3, -0.25) is 0 Å². The molecule has 0 aromatic heterocycles. The van der Waals surface area contributed by atoms with Crippen LogP contribution in [0.5, 0.6) is 0 Å². The first-order valence-electron chi connectivity index (χ1n) is 6.15. The minimum absolute atomic E-state index is 0.273. The summed E-state index contributed by atoms with van der Waals surface area (Å²) in [4.78, 5) is 17.5. The lowest BCUT2D eigenvalue weighted by Crippen LogP contribution is -2.34. The molecule has 3 rings (SSSR count). The van der Waals surface area contributed by atoms with Crippen LogP contribution < -0.4 is 5.73 Å². The molecule has 0 bridgehead atoms. The molecule has 2 amide bonds. The first-order valence-corrected chi connectivity index (χ1v) is 6.91. The number of nitrogens with zero attached hydrogens (tertiary/aromatic N) is 2. The van der Waals surface area contributed by atoms with Gasteiger partial charge in [-0.2, -0.15) is 4.99 Å². The molecule has 1 heterocycles. The summed E-state index contributed by atoms with van der Waals surface area (Å²) in [5.41, 5.74) is 6.70. The monoisotopic (exact) mass is 297 g/mol. The number of halogens is 2. The molecule has 1 aromatic carbocycles. The number of rotatable bonds is 3. The number of amidine groups is 1. The molecular weight excluding hydrogens is 285 g/mol. The Bertz CT molecular complexity index is 549. The van der Waals surface area contributed by atoms with Crippen molar-refractivity contribution >= 4 is 35.1 Å². The molecule has 2 N–H and O–H groups in total. The summed E-state index contributed by atoms with van der Waals surface area (Å²) in [6.07, 6.45) is 2.32. The van der Waals surface area contributed by atoms with Crippen LogP contribution in [-0.2, 0) is 0 Å². The second-order valence-electron chi connectivity index (χ2n) is 5.02. The molecule has 1 aromatic rings. The Balaban J connectivity index is 1.94. The van der Waals surface area contributed by atoms with Gasteiger partial charge < -0.3 is 10.6 Å². The van der Waals surface area contributed by atoms with E-state index in [0.29, 0.717) is 28.3 Å². The van der Waals surface area contributed by atoms with E-state index in [9.17, 15) is 4.79 Å². The van der Waals surface area contributed by atoms with Crippen molar-refractivity contribution in [3.05, 3.63) is 33.8 Å². The predicted molar refractivity (Wildman–Crippen MR) is 75.7 cm³/mol. The third kappa shape index (κ3) is 2.55. The molecule has 0 spiro atoms. The van der Waals surface area contributed by atoms with E-state index in [1.54, 1.807) is 23.1 Å². The third-order valence-corrected chi connectivity index (χ3v) is 3.85. The van der Waals surface area contributed by atoms with Gasteiger partial charge in [0.15, 0.2) is 0 Å². The fourth-order valence-corrected chi connectivity index (χ4v) is 2.89. The van der Waals surface area contributed by atoms with E-state index in [-0.39, 0.29) is 12.1 Å². The quantitative estimate of drug-likeness (QED) is 0.931. The fraction of sp³-hybridized carbons (Fsp3) is 0.385. The molecule has 100 valence electrons. The molecule has 6 heteroatoms. The molecule has 1 aliphatic heterocycles. The maximum absolute atomic E-state index is 11.9. The van der Waals surface area contributed by atoms with Crippen LogP contribution in [0.4, 0.5) is 4.79 Å². The van der Waals surface area contributed by atoms with Crippen molar-refractivity contribution < 1.29 is 4.79 Å². The second kappa shape index (κ2) is 4.69. The second-order valence-corrected chi connectivity index (χ2v) is 5.89. The largest absolute Gasteiger partial charge is 0.385 e. The van der Waals surface area contributed by atoms with Gasteiger partial charge in [-0.1, -0.05) is 23.2 Å². The van der Waals surface area contributed by atoms with E-state index in [1.807, 2.05) is 0 Å². The average Bonchev–Trinajstić information content (AvgIpc) is 3.05. The molecule has 0 saturated heterocycles. The summed E-state index contributed by atoms with van der Waals surface area (Å²) in [7, 11) is 0. The summed E-state index contributed by atoms with van der Waals surface area (Å²) in [5, 5.41) is 1.06. The Kier molecular flexibility index (Phi) is 3.15. The highest BCUT2D eigenvalue weighted by Gasteiger charge is 2.38. The lowest BCUT2D eigenvalue weighted by atomic mass is 10.1. The maximum Gasteiger partial charge on any atom is 0.346 e. The Morgan fingerprint density at radius 3 is 2.47 bits per heavy atom. The van der Waals surface area contributed by atoms with Crippen molar-refractivity contribution in [2.45, 2.75) is 18.9 Å². The van der Waals surface area contributed by atoms with Crippen LogP contribution in [0.3, 0.4) is 0 Å². The average molecular weight is 298 g/mol. The van der Waals surface area contributed by atoms with E-state index in [4.69, 9.17) is 28.9 Å². The summed E-state index contributed by atoms with van der Waals surface area (Å²) in [6.45, 7) is 0.692. The molecule has 0 radical (unpaired) electrons. The van der Waals surface area contributed by atoms with Gasteiger partial charge in [0, 0.05) is 16.6 Å². The van der Waals surface area contributed by atoms with E-state index in [0.717, 1.165) is 18.4 Å². The van der Waals surface area contributed by atoms with Crippen molar-refractivity contribution in [1.29, 1.82) is 0 Å². The molecule has 1 aliphatic carbocycles. The van der Waals surface area contributed by atoms with Crippen LogP contribution in [0.2, 0.25) is 10.0 Å². The molecule has 1 fully saturated rings. The van der Waals surface area contributed by atoms with Gasteiger partial charge >= 0.3 is 6.03 Å². The number of urea groups is 1. The number of nitrogens with two attached hydrogens (primary N) is 1. The lowest BCUT2D eigenvalue weighted by Gasteiger charge is -2.24. The zero-order valence-electron chi connectivity index (χ0n) is 10.1. The van der Waals surface area contributed by atoms with Gasteiger partial charge in [0.25, 0.3) is 0 Å². The Hall–Kier alpha value is -1.26. The zero-order valence-corrected chi connectivity index (χ0v) is 11.7. The molecule has 2 aliphatic rings. The van der Waals surface area contributed by atoms with Crippen molar-refractivity contribution in [3.8, 4) is 0 Å². The Morgan fingerprint density at radius 1 is 1.26 bits per heavy atom. The number of carbonyl (C=O) groups is 1. The van der Waals surface area contributed by atoms with Gasteiger partial charge in [0.05, 0.1) is 0 Å². The van der Waals surface area contributed by atoms with Crippen LogP contribution in [0.1, 0.15) is 24.4 Å². The fourth-order valence-electron chi connectivity index (χ4n) is 2.35. The highest BCUT2D eigenvalue weighted by molar-refractivity contribution is 6.34. The Morgan fingerprint density at radius 2 is 1.89 bits per heavy atom. The van der Waals surface area contributed by atoms with Gasteiger partial charge in [0.2, 0.25) is 0 Å². The zero-order chi connectivity index (χ0) is 13.6. The number of hydrogen-bond donors (Lipinski definition) is 1. The summed E-state index contributed by atoms with van der Waals surface area (Å²) in [6, 6.07) is 4.59. The number of hydrogen-bond acceptors (Lipinski definition) is 2. The highest BCUT2D eigenvalue weighted by Crippen LogP contribution is 2.36. The summed E-state index contributed by atoms with van der Waals surface area (Å²) < 4.78 is 0. The van der Waals surface area contributed by atoms with Crippen LogP contribution in [0, 0.1) is 5.92 Å². The van der Waals surface area contributed by atoms with Gasteiger partial charge in [0.1, 0.15) is 11.9 Å². The van der Waals surface area contributed by atoms with Crippen molar-refractivity contribution in [2.24, 2.45) is 16.6 Å². The van der Waals surface area contributed by atoms with E-state index >= 15 is 0 Å². The maximum atomic E-state index is 11.9. The van der Waals surface area contributed by atoms with E-state index in [1.165, 1.54) is 0 Å². The van der Waals surface area contributed by atoms with Crippen LogP contribution in [0.15, 0.2) is 23.2 Å². The van der Waals surface area contributed by atoms with Crippen molar-refractivity contribution in [3.63, 3.8) is 0 Å². The molecule has 1 unspecified atom stereocenters. The lowest BCUT2D eigenvalue weighted by molar-refractivity contribution is 0.204. The summed E-state index contributed by atoms with van der Waals surface area (Å²) in [5.74, 6) is 0.881. The SMILES string of the molecule is NC1=NC(=O)N(CC2CC2)C1c1cc(Cl)cc(Cl)c1. The molecule has 4 nitrogen and oxygen atoms in total. The predicted octanol–water partition coefficient (Wildman–Crippen LogP) is 3.24. The minimum atomic E-state index is -0.343. The molecule has 19 heavy (non-hydrogen) atoms.